The summed E-state index contributed by atoms with van der Waals surface area (Å²) in [7, 11) is 0. The quantitative estimate of drug-likeness (QED) is 0.171. The Morgan fingerprint density at radius 2 is 0.807 bits per heavy atom. The highest BCUT2D eigenvalue weighted by Gasteiger charge is 2.21. The lowest BCUT2D eigenvalue weighted by Gasteiger charge is -2.12. The van der Waals surface area contributed by atoms with Gasteiger partial charge >= 0.3 is 0 Å². The monoisotopic (exact) mass is 726 g/mol. The third-order valence-electron chi connectivity index (χ3n) is 11.1. The van der Waals surface area contributed by atoms with Gasteiger partial charge in [-0.05, 0) is 56.6 Å². The van der Waals surface area contributed by atoms with Gasteiger partial charge in [0.1, 0.15) is 0 Å². The minimum absolute atomic E-state index is 0.626. The third-order valence-corrected chi connectivity index (χ3v) is 11.1. The lowest BCUT2D eigenvalue weighted by molar-refractivity contribution is 1.08. The molecule has 0 atom stereocenters. The number of hydrogen-bond acceptors (Lipinski definition) is 3. The SMILES string of the molecule is c1ccc(-c2ccc(-c3nc(-c4ccc(-c5cccc6ccccc56)cc4)nc(-c4cccc5c4c4ccc6ccccc6c4n5-c4ccccc4)n3)cc2)cc1. The van der Waals surface area contributed by atoms with Crippen LogP contribution in [0.5, 0.6) is 0 Å². The predicted molar refractivity (Wildman–Crippen MR) is 236 cm³/mol. The molecule has 0 saturated carbocycles. The minimum Gasteiger partial charge on any atom is -0.309 e. The van der Waals surface area contributed by atoms with Crippen molar-refractivity contribution < 1.29 is 0 Å². The van der Waals surface area contributed by atoms with Gasteiger partial charge in [-0.2, -0.15) is 0 Å². The van der Waals surface area contributed by atoms with Crippen molar-refractivity contribution in [2.24, 2.45) is 0 Å². The van der Waals surface area contributed by atoms with Gasteiger partial charge in [-0.15, -0.1) is 0 Å². The van der Waals surface area contributed by atoms with E-state index in [1.165, 1.54) is 32.7 Å². The lowest BCUT2D eigenvalue weighted by Crippen LogP contribution is -2.00. The molecule has 0 amide bonds. The van der Waals surface area contributed by atoms with Crippen LogP contribution in [0, 0.1) is 0 Å². The molecule has 0 bridgehead atoms. The Morgan fingerprint density at radius 3 is 1.53 bits per heavy atom. The molecule has 266 valence electrons. The van der Waals surface area contributed by atoms with Gasteiger partial charge < -0.3 is 4.57 Å². The Kier molecular flexibility index (Phi) is 7.78. The van der Waals surface area contributed by atoms with Crippen molar-refractivity contribution in [3.05, 3.63) is 206 Å². The van der Waals surface area contributed by atoms with Crippen LogP contribution >= 0.6 is 0 Å². The van der Waals surface area contributed by atoms with Gasteiger partial charge in [-0.3, -0.25) is 0 Å². The van der Waals surface area contributed by atoms with Crippen molar-refractivity contribution in [1.29, 1.82) is 0 Å². The molecule has 0 unspecified atom stereocenters. The smallest absolute Gasteiger partial charge is 0.164 e. The minimum atomic E-state index is 0.626. The molecule has 4 heteroatoms. The Morgan fingerprint density at radius 1 is 0.298 bits per heavy atom. The van der Waals surface area contributed by atoms with E-state index < -0.39 is 0 Å². The lowest BCUT2D eigenvalue weighted by atomic mass is 9.97. The maximum atomic E-state index is 5.29. The summed E-state index contributed by atoms with van der Waals surface area (Å²) in [5.74, 6) is 1.88. The molecule has 0 aliphatic heterocycles. The zero-order valence-electron chi connectivity index (χ0n) is 30.9. The Hall–Kier alpha value is -7.69. The molecule has 0 spiro atoms. The van der Waals surface area contributed by atoms with Crippen LogP contribution in [0.1, 0.15) is 0 Å². The fourth-order valence-electron chi connectivity index (χ4n) is 8.33. The van der Waals surface area contributed by atoms with Gasteiger partial charge in [0.15, 0.2) is 17.5 Å². The molecule has 11 rings (SSSR count). The summed E-state index contributed by atoms with van der Waals surface area (Å²) < 4.78 is 2.38. The van der Waals surface area contributed by atoms with Crippen LogP contribution in [0.2, 0.25) is 0 Å². The summed E-state index contributed by atoms with van der Waals surface area (Å²) in [6.45, 7) is 0. The zero-order valence-corrected chi connectivity index (χ0v) is 30.9. The number of rotatable bonds is 6. The van der Waals surface area contributed by atoms with E-state index in [9.17, 15) is 0 Å². The van der Waals surface area contributed by atoms with E-state index in [1.807, 2.05) is 6.07 Å². The fraction of sp³-hybridized carbons (Fsp3) is 0. The maximum Gasteiger partial charge on any atom is 0.164 e. The molecule has 0 N–H and O–H groups in total. The second-order valence-corrected chi connectivity index (χ2v) is 14.4. The van der Waals surface area contributed by atoms with Crippen LogP contribution in [0.15, 0.2) is 206 Å². The molecule has 0 saturated heterocycles. The van der Waals surface area contributed by atoms with Crippen molar-refractivity contribution in [3.8, 4) is 62.1 Å². The summed E-state index contributed by atoms with van der Waals surface area (Å²) in [6.07, 6.45) is 0. The van der Waals surface area contributed by atoms with Crippen LogP contribution in [0.3, 0.4) is 0 Å². The molecular formula is C53H34N4. The van der Waals surface area contributed by atoms with Crippen molar-refractivity contribution in [3.63, 3.8) is 0 Å². The highest BCUT2D eigenvalue weighted by atomic mass is 15.0. The Balaban J connectivity index is 1.12. The Labute approximate surface area is 330 Å². The third kappa shape index (κ3) is 5.66. The summed E-state index contributed by atoms with van der Waals surface area (Å²) in [5, 5.41) is 7.10. The normalized spacial score (nSPS) is 11.5. The number of nitrogens with zero attached hydrogens (tertiary/aromatic N) is 4. The first-order valence-electron chi connectivity index (χ1n) is 19.3. The average molecular weight is 727 g/mol. The van der Waals surface area contributed by atoms with E-state index in [4.69, 9.17) is 15.0 Å². The van der Waals surface area contributed by atoms with Gasteiger partial charge in [0, 0.05) is 38.5 Å². The van der Waals surface area contributed by atoms with Gasteiger partial charge in [0.25, 0.3) is 0 Å². The van der Waals surface area contributed by atoms with E-state index >= 15 is 0 Å². The second kappa shape index (κ2) is 13.6. The van der Waals surface area contributed by atoms with Crippen molar-refractivity contribution in [1.82, 2.24) is 19.5 Å². The molecule has 2 aromatic heterocycles. The first kappa shape index (κ1) is 32.7. The van der Waals surface area contributed by atoms with E-state index in [0.29, 0.717) is 17.5 Å². The summed E-state index contributed by atoms with van der Waals surface area (Å²) >= 11 is 0. The van der Waals surface area contributed by atoms with E-state index in [2.05, 4.69) is 205 Å². The number of benzene rings is 9. The van der Waals surface area contributed by atoms with Crippen molar-refractivity contribution >= 4 is 43.4 Å². The molecular weight excluding hydrogens is 693 g/mol. The predicted octanol–water partition coefficient (Wildman–Crippen LogP) is 13.6. The largest absolute Gasteiger partial charge is 0.309 e. The Bertz CT molecular complexity index is 3250. The highest BCUT2D eigenvalue weighted by molar-refractivity contribution is 6.22. The van der Waals surface area contributed by atoms with Crippen LogP contribution < -0.4 is 0 Å². The molecule has 2 heterocycles. The van der Waals surface area contributed by atoms with Crippen molar-refractivity contribution in [2.45, 2.75) is 0 Å². The molecule has 9 aromatic carbocycles. The molecule has 0 fully saturated rings. The van der Waals surface area contributed by atoms with Crippen LogP contribution in [0.4, 0.5) is 0 Å². The number of aromatic nitrogens is 4. The second-order valence-electron chi connectivity index (χ2n) is 14.4. The van der Waals surface area contributed by atoms with Crippen LogP contribution in [-0.2, 0) is 0 Å². The van der Waals surface area contributed by atoms with E-state index in [0.717, 1.165) is 55.3 Å². The topological polar surface area (TPSA) is 43.6 Å². The number of fused-ring (bicyclic) bond motifs is 6. The molecule has 0 aliphatic rings. The zero-order chi connectivity index (χ0) is 37.7. The molecule has 4 nitrogen and oxygen atoms in total. The summed E-state index contributed by atoms with van der Waals surface area (Å²) in [5.41, 5.74) is 10.8. The highest BCUT2D eigenvalue weighted by Crippen LogP contribution is 2.41. The van der Waals surface area contributed by atoms with Crippen LogP contribution in [0.25, 0.3) is 105 Å². The van der Waals surface area contributed by atoms with Crippen LogP contribution in [-0.4, -0.2) is 19.5 Å². The van der Waals surface area contributed by atoms with Gasteiger partial charge in [0.05, 0.1) is 11.0 Å². The molecule has 11 aromatic rings. The number of para-hydroxylation sites is 1. The standard InChI is InChI=1S/C53H34N4/c1-3-13-35(14-4-1)36-25-29-40(30-26-36)51-54-52(41-31-27-39(28-32-41)44-22-11-17-37-15-7-9-20-43(37)44)56-53(55-51)47-23-12-24-48-49(47)46-34-33-38-16-8-10-21-45(38)50(46)57(48)42-18-5-2-6-19-42/h1-34H. The van der Waals surface area contributed by atoms with Crippen molar-refractivity contribution in [2.75, 3.05) is 0 Å². The van der Waals surface area contributed by atoms with Gasteiger partial charge in [-0.1, -0.05) is 188 Å². The van der Waals surface area contributed by atoms with E-state index in [-0.39, 0.29) is 0 Å². The first-order valence-corrected chi connectivity index (χ1v) is 19.3. The molecule has 57 heavy (non-hydrogen) atoms. The maximum absolute atomic E-state index is 5.29. The molecule has 0 radical (unpaired) electrons. The first-order chi connectivity index (χ1) is 28.3. The van der Waals surface area contributed by atoms with E-state index in [1.54, 1.807) is 0 Å². The molecule has 0 aliphatic carbocycles. The summed E-state index contributed by atoms with van der Waals surface area (Å²) in [6, 6.07) is 72.7. The van der Waals surface area contributed by atoms with Gasteiger partial charge in [0.2, 0.25) is 0 Å². The summed E-state index contributed by atoms with van der Waals surface area (Å²) in [4.78, 5) is 15.7. The fourth-order valence-corrected chi connectivity index (χ4v) is 8.33. The number of hydrogen-bond donors (Lipinski definition) is 0. The average Bonchev–Trinajstić information content (AvgIpc) is 3.65. The van der Waals surface area contributed by atoms with Gasteiger partial charge in [-0.25, -0.2) is 15.0 Å².